The second-order valence-electron chi connectivity index (χ2n) is 8.54. The lowest BCUT2D eigenvalue weighted by molar-refractivity contribution is -0.138. The number of para-hydroxylation sites is 1. The summed E-state index contributed by atoms with van der Waals surface area (Å²) in [6.07, 6.45) is 1.22. The van der Waals surface area contributed by atoms with Crippen LogP contribution < -0.4 is 20.9 Å². The number of rotatable bonds is 8. The summed E-state index contributed by atoms with van der Waals surface area (Å²) in [5.41, 5.74) is 2.96. The highest BCUT2D eigenvalue weighted by molar-refractivity contribution is 6.01. The third-order valence-electron chi connectivity index (χ3n) is 5.70. The number of urea groups is 1. The zero-order valence-corrected chi connectivity index (χ0v) is 19.3. The molecule has 1 aliphatic heterocycles. The van der Waals surface area contributed by atoms with Crippen molar-refractivity contribution in [1.29, 1.82) is 0 Å². The Balaban J connectivity index is 0.00000432. The predicted molar refractivity (Wildman–Crippen MR) is 136 cm³/mol. The molecule has 2 aromatic rings. The fraction of sp³-hybridized carbons (Fsp3) is 0.360. The van der Waals surface area contributed by atoms with E-state index in [0.29, 0.717) is 24.3 Å². The first-order chi connectivity index (χ1) is 16.2. The number of hydrogen-bond donors (Lipinski definition) is 4. The molecule has 0 aromatic heterocycles. The number of piperidine rings is 1. The Morgan fingerprint density at radius 3 is 2.50 bits per heavy atom. The average molecular weight is 473 g/mol. The van der Waals surface area contributed by atoms with Gasteiger partial charge in [-0.3, -0.25) is 14.4 Å². The van der Waals surface area contributed by atoms with Crippen LogP contribution in [0.1, 0.15) is 42.5 Å². The van der Waals surface area contributed by atoms with Crippen molar-refractivity contribution < 1.29 is 28.6 Å². The highest BCUT2D eigenvalue weighted by atomic mass is 16.4. The monoisotopic (exact) mass is 472 g/mol. The first-order valence-corrected chi connectivity index (χ1v) is 11.3. The van der Waals surface area contributed by atoms with Gasteiger partial charge >= 0.3 is 12.0 Å². The van der Waals surface area contributed by atoms with Crippen molar-refractivity contribution in [2.45, 2.75) is 45.6 Å². The number of carbonyl (C=O) groups excluding carboxylic acids is 3. The third kappa shape index (κ3) is 6.81. The van der Waals surface area contributed by atoms with Gasteiger partial charge in [-0.1, -0.05) is 18.2 Å². The minimum atomic E-state index is -0.988. The average Bonchev–Trinajstić information content (AvgIpc) is 2.77. The van der Waals surface area contributed by atoms with Gasteiger partial charge in [-0.25, -0.2) is 4.79 Å². The van der Waals surface area contributed by atoms with Crippen LogP contribution in [0.4, 0.5) is 21.9 Å². The number of aryl methyl sites for hydroxylation is 1. The lowest BCUT2D eigenvalue weighted by atomic mass is 9.93. The largest absolute Gasteiger partial charge is 0.481 e. The van der Waals surface area contributed by atoms with Crippen LogP contribution in [-0.4, -0.2) is 41.5 Å². The van der Waals surface area contributed by atoms with Gasteiger partial charge in [0.25, 0.3) is 0 Å². The molecule has 186 valence electrons. The molecule has 4 amide bonds. The minimum Gasteiger partial charge on any atom is -0.481 e. The van der Waals surface area contributed by atoms with E-state index in [-0.39, 0.29) is 35.0 Å². The van der Waals surface area contributed by atoms with E-state index in [1.54, 1.807) is 36.1 Å². The lowest BCUT2D eigenvalue weighted by Crippen LogP contribution is -2.44. The molecule has 9 nitrogen and oxygen atoms in total. The van der Waals surface area contributed by atoms with E-state index in [0.717, 1.165) is 17.7 Å². The maximum atomic E-state index is 13.0. The topological polar surface area (TPSA) is 128 Å². The quantitative estimate of drug-likeness (QED) is 0.450. The molecule has 0 saturated carbocycles. The molecule has 2 atom stereocenters. The fourth-order valence-electron chi connectivity index (χ4n) is 3.99. The van der Waals surface area contributed by atoms with E-state index < -0.39 is 17.9 Å². The lowest BCUT2D eigenvalue weighted by Gasteiger charge is -2.32. The smallest absolute Gasteiger partial charge is 0.323 e. The summed E-state index contributed by atoms with van der Waals surface area (Å²) in [5, 5.41) is 17.1. The van der Waals surface area contributed by atoms with Crippen LogP contribution in [-0.2, 0) is 14.4 Å². The maximum Gasteiger partial charge on any atom is 0.323 e. The first kappa shape index (κ1) is 24.8. The molecule has 0 unspecified atom stereocenters. The van der Waals surface area contributed by atoms with Crippen molar-refractivity contribution in [1.82, 2.24) is 5.32 Å². The van der Waals surface area contributed by atoms with Crippen molar-refractivity contribution in [3.63, 3.8) is 0 Å². The molecule has 0 aliphatic carbocycles. The van der Waals surface area contributed by atoms with E-state index in [1.165, 1.54) is 0 Å². The Labute approximate surface area is 203 Å². The molecule has 1 saturated heterocycles. The number of nitrogens with one attached hydrogen (secondary N) is 3. The van der Waals surface area contributed by atoms with Gasteiger partial charge in [0.15, 0.2) is 0 Å². The van der Waals surface area contributed by atoms with Crippen molar-refractivity contribution in [3.05, 3.63) is 54.1 Å². The Morgan fingerprint density at radius 1 is 1.12 bits per heavy atom. The van der Waals surface area contributed by atoms with Crippen LogP contribution in [0.2, 0.25) is 0 Å². The van der Waals surface area contributed by atoms with Gasteiger partial charge in [-0.05, 0) is 62.6 Å². The van der Waals surface area contributed by atoms with Gasteiger partial charge in [0.05, 0.1) is 6.42 Å². The van der Waals surface area contributed by atoms with Gasteiger partial charge < -0.3 is 26.0 Å². The van der Waals surface area contributed by atoms with E-state index in [1.807, 2.05) is 31.2 Å². The zero-order chi connectivity index (χ0) is 24.7. The standard InChI is InChI=1S/C25H30N4O5.3H2/c1-16-6-3-4-8-21(16)28-25(34)27-19-9-11-20(12-10-19)29-13-5-7-18(24(29)33)15-22(30)26-17(2)14-23(31)32;;;/h3-4,6,8-12,17-18H,5,7,13-15H2,1-2H3,(H,26,30)(H,31,32)(H2,27,28,34);3*1H/t17-,18-;;;/m1.../s1. The van der Waals surface area contributed by atoms with Crippen molar-refractivity contribution in [3.8, 4) is 0 Å². The summed E-state index contributed by atoms with van der Waals surface area (Å²) in [6, 6.07) is 13.6. The van der Waals surface area contributed by atoms with Crippen molar-refractivity contribution in [2.75, 3.05) is 22.1 Å². The number of amides is 4. The van der Waals surface area contributed by atoms with Crippen LogP contribution in [0.5, 0.6) is 0 Å². The van der Waals surface area contributed by atoms with Gasteiger partial charge in [0.1, 0.15) is 0 Å². The third-order valence-corrected chi connectivity index (χ3v) is 5.70. The molecule has 1 aliphatic rings. The molecule has 0 bridgehead atoms. The zero-order valence-electron chi connectivity index (χ0n) is 19.3. The van der Waals surface area contributed by atoms with E-state index in [4.69, 9.17) is 5.11 Å². The predicted octanol–water partition coefficient (Wildman–Crippen LogP) is 4.49. The summed E-state index contributed by atoms with van der Waals surface area (Å²) >= 11 is 0. The minimum absolute atomic E-state index is 0. The summed E-state index contributed by atoms with van der Waals surface area (Å²) in [5.74, 6) is -1.90. The van der Waals surface area contributed by atoms with Gasteiger partial charge in [0, 0.05) is 46.3 Å². The van der Waals surface area contributed by atoms with Crippen molar-refractivity contribution >= 4 is 40.9 Å². The summed E-state index contributed by atoms with van der Waals surface area (Å²) < 4.78 is 0. The number of carbonyl (C=O) groups is 4. The summed E-state index contributed by atoms with van der Waals surface area (Å²) in [6.45, 7) is 4.08. The summed E-state index contributed by atoms with van der Waals surface area (Å²) in [4.78, 5) is 50.0. The number of hydrogen-bond acceptors (Lipinski definition) is 4. The van der Waals surface area contributed by atoms with E-state index >= 15 is 0 Å². The number of nitrogens with zero attached hydrogens (tertiary/aromatic N) is 1. The molecule has 0 radical (unpaired) electrons. The summed E-state index contributed by atoms with van der Waals surface area (Å²) in [7, 11) is 0. The molecule has 2 aromatic carbocycles. The van der Waals surface area contributed by atoms with E-state index in [9.17, 15) is 19.2 Å². The Morgan fingerprint density at radius 2 is 1.82 bits per heavy atom. The molecule has 0 spiro atoms. The van der Waals surface area contributed by atoms with Crippen LogP contribution >= 0.6 is 0 Å². The van der Waals surface area contributed by atoms with Crippen LogP contribution in [0.3, 0.4) is 0 Å². The van der Waals surface area contributed by atoms with Crippen LogP contribution in [0.15, 0.2) is 48.5 Å². The Hall–Kier alpha value is -3.88. The number of anilines is 3. The van der Waals surface area contributed by atoms with Crippen molar-refractivity contribution in [2.24, 2.45) is 5.92 Å². The number of carboxylic acids is 1. The molecule has 4 N–H and O–H groups in total. The molecule has 1 fully saturated rings. The second-order valence-corrected chi connectivity index (χ2v) is 8.54. The maximum absolute atomic E-state index is 13.0. The SMILES string of the molecule is Cc1ccccc1NC(=O)Nc1ccc(N2CCC[C@H](CC(=O)N[C@H](C)CC(=O)O)C2=O)cc1.[HH].[HH].[HH]. The number of carboxylic acid groups (broad SMARTS) is 1. The molecular weight excluding hydrogens is 436 g/mol. The Bertz CT molecular complexity index is 1070. The van der Waals surface area contributed by atoms with Crippen LogP contribution in [0.25, 0.3) is 0 Å². The highest BCUT2D eigenvalue weighted by Crippen LogP contribution is 2.27. The molecule has 34 heavy (non-hydrogen) atoms. The van der Waals surface area contributed by atoms with Gasteiger partial charge in [0.2, 0.25) is 11.8 Å². The van der Waals surface area contributed by atoms with Gasteiger partial charge in [-0.15, -0.1) is 0 Å². The highest BCUT2D eigenvalue weighted by Gasteiger charge is 2.31. The van der Waals surface area contributed by atoms with Crippen LogP contribution in [0, 0.1) is 12.8 Å². The molecule has 1 heterocycles. The molecular formula is C25H36N4O5. The normalized spacial score (nSPS) is 16.5. The first-order valence-electron chi connectivity index (χ1n) is 11.3. The Kier molecular flexibility index (Phi) is 8.24. The second kappa shape index (κ2) is 11.3. The number of aliphatic carboxylic acids is 1. The van der Waals surface area contributed by atoms with Gasteiger partial charge in [-0.2, -0.15) is 0 Å². The molecule has 9 heteroatoms. The molecule has 3 rings (SSSR count). The fourth-order valence-corrected chi connectivity index (χ4v) is 3.99. The van der Waals surface area contributed by atoms with E-state index in [2.05, 4.69) is 16.0 Å². The number of benzene rings is 2.